The van der Waals surface area contributed by atoms with Gasteiger partial charge < -0.3 is 14.6 Å². The number of nitrogens with one attached hydrogen (secondary N) is 1. The summed E-state index contributed by atoms with van der Waals surface area (Å²) in [4.78, 5) is 39.1. The van der Waals surface area contributed by atoms with Crippen LogP contribution in [-0.2, 0) is 4.79 Å². The van der Waals surface area contributed by atoms with Gasteiger partial charge in [-0.3, -0.25) is 14.5 Å². The van der Waals surface area contributed by atoms with E-state index in [9.17, 15) is 23.2 Å². The largest absolute Gasteiger partial charge is 0.435 e. The second-order valence-corrected chi connectivity index (χ2v) is 7.53. The van der Waals surface area contributed by atoms with Crippen molar-refractivity contribution in [1.29, 1.82) is 0 Å². The number of halogens is 2. The van der Waals surface area contributed by atoms with Crippen molar-refractivity contribution in [3.8, 4) is 11.4 Å². The zero-order valence-corrected chi connectivity index (χ0v) is 17.9. The van der Waals surface area contributed by atoms with Gasteiger partial charge in [0.05, 0.1) is 6.54 Å². The third-order valence-electron chi connectivity index (χ3n) is 5.81. The second-order valence-electron chi connectivity index (χ2n) is 7.53. The van der Waals surface area contributed by atoms with Crippen molar-refractivity contribution in [3.05, 3.63) is 47.3 Å². The fourth-order valence-electron chi connectivity index (χ4n) is 4.00. The number of nitrogens with zero attached hydrogens (tertiary/aromatic N) is 2. The summed E-state index contributed by atoms with van der Waals surface area (Å²) in [5.74, 6) is -0.714. The molecule has 1 fully saturated rings. The summed E-state index contributed by atoms with van der Waals surface area (Å²) in [6, 6.07) is 7.19. The Hall–Kier alpha value is -3.23. The molecule has 0 spiro atoms. The van der Waals surface area contributed by atoms with E-state index in [1.54, 1.807) is 36.6 Å². The Balaban J connectivity index is 1.84. The first kappa shape index (κ1) is 22.5. The van der Waals surface area contributed by atoms with Gasteiger partial charge in [0.15, 0.2) is 5.78 Å². The highest BCUT2D eigenvalue weighted by atomic mass is 19.3. The number of hydrogen-bond acceptors (Lipinski definition) is 4. The maximum absolute atomic E-state index is 13.0. The molecule has 2 aromatic rings. The maximum Gasteiger partial charge on any atom is 0.387 e. The number of carbonyl (C=O) groups excluding carboxylic acids is 3. The van der Waals surface area contributed by atoms with E-state index in [1.165, 1.54) is 12.1 Å². The van der Waals surface area contributed by atoms with Gasteiger partial charge in [-0.05, 0) is 57.0 Å². The molecule has 166 valence electrons. The Morgan fingerprint density at radius 1 is 1.13 bits per heavy atom. The zero-order chi connectivity index (χ0) is 22.9. The number of Topliss-reactive ketones (excluding diaryl/α,β-unsaturated/α-hetero) is 1. The number of urea groups is 1. The first-order valence-electron chi connectivity index (χ1n) is 10.0. The number of hydrogen-bond donors (Lipinski definition) is 1. The highest BCUT2D eigenvalue weighted by Gasteiger charge is 2.49. The molecular weight excluding hydrogens is 408 g/mol. The van der Waals surface area contributed by atoms with E-state index >= 15 is 0 Å². The molecule has 0 bridgehead atoms. The van der Waals surface area contributed by atoms with Crippen molar-refractivity contribution in [1.82, 2.24) is 14.8 Å². The molecule has 0 aliphatic carbocycles. The Morgan fingerprint density at radius 2 is 1.74 bits per heavy atom. The minimum atomic E-state index is -2.91. The Labute approximate surface area is 179 Å². The van der Waals surface area contributed by atoms with E-state index in [1.807, 2.05) is 13.8 Å². The van der Waals surface area contributed by atoms with Crippen LogP contribution in [0.3, 0.4) is 0 Å². The highest BCUT2D eigenvalue weighted by Crippen LogP contribution is 2.27. The van der Waals surface area contributed by atoms with Crippen molar-refractivity contribution in [2.24, 2.45) is 0 Å². The Morgan fingerprint density at radius 3 is 2.26 bits per heavy atom. The summed E-state index contributed by atoms with van der Waals surface area (Å²) < 4.78 is 30.9. The molecule has 0 atom stereocenters. The molecule has 0 unspecified atom stereocenters. The molecule has 1 N–H and O–H groups in total. The lowest BCUT2D eigenvalue weighted by atomic mass is 9.93. The molecule has 9 heteroatoms. The van der Waals surface area contributed by atoms with Crippen LogP contribution in [0.1, 0.15) is 48.4 Å². The van der Waals surface area contributed by atoms with Gasteiger partial charge in [0.25, 0.3) is 5.91 Å². The molecule has 31 heavy (non-hydrogen) atoms. The number of aryl methyl sites for hydroxylation is 1. The third-order valence-corrected chi connectivity index (χ3v) is 5.81. The number of ketones is 1. The van der Waals surface area contributed by atoms with Crippen LogP contribution >= 0.6 is 0 Å². The van der Waals surface area contributed by atoms with Gasteiger partial charge in [0.1, 0.15) is 11.3 Å². The smallest absolute Gasteiger partial charge is 0.387 e. The minimum Gasteiger partial charge on any atom is -0.435 e. The lowest BCUT2D eigenvalue weighted by molar-refractivity contribution is -0.131. The quantitative estimate of drug-likeness (QED) is 0.504. The van der Waals surface area contributed by atoms with E-state index in [2.05, 4.69) is 10.1 Å². The van der Waals surface area contributed by atoms with Gasteiger partial charge in [-0.1, -0.05) is 13.8 Å². The standard InChI is InChI=1S/C22H25F2N3O4/c1-5-22(6-2)19(29)26(21(30)25-22)12-18(28)17-11-13(3)27(14(17)4)15-7-9-16(10-8-15)31-20(23)24/h7-11,20H,5-6,12H2,1-4H3,(H,25,30). The Bertz CT molecular complexity index is 1010. The molecule has 1 aliphatic rings. The van der Waals surface area contributed by atoms with Crippen LogP contribution in [0.5, 0.6) is 5.75 Å². The highest BCUT2D eigenvalue weighted by molar-refractivity contribution is 6.11. The predicted octanol–water partition coefficient (Wildman–Crippen LogP) is 3.99. The van der Waals surface area contributed by atoms with Gasteiger partial charge in [-0.15, -0.1) is 0 Å². The first-order chi connectivity index (χ1) is 14.6. The molecule has 7 nitrogen and oxygen atoms in total. The van der Waals surface area contributed by atoms with Gasteiger partial charge in [0, 0.05) is 22.6 Å². The first-order valence-corrected chi connectivity index (χ1v) is 10.0. The van der Waals surface area contributed by atoms with Crippen molar-refractivity contribution in [3.63, 3.8) is 0 Å². The number of imide groups is 1. The fourth-order valence-corrected chi connectivity index (χ4v) is 4.00. The molecule has 0 saturated carbocycles. The van der Waals surface area contributed by atoms with Crippen LogP contribution in [0, 0.1) is 13.8 Å². The number of carbonyl (C=O) groups is 3. The van der Waals surface area contributed by atoms with E-state index in [-0.39, 0.29) is 24.0 Å². The average molecular weight is 433 g/mol. The molecule has 1 saturated heterocycles. The summed E-state index contributed by atoms with van der Waals surface area (Å²) in [6.07, 6.45) is 0.886. The number of benzene rings is 1. The average Bonchev–Trinajstić information content (AvgIpc) is 3.16. The lowest BCUT2D eigenvalue weighted by Crippen LogP contribution is -2.46. The monoisotopic (exact) mass is 433 g/mol. The van der Waals surface area contributed by atoms with Crippen molar-refractivity contribution in [2.45, 2.75) is 52.7 Å². The molecule has 1 aromatic carbocycles. The van der Waals surface area contributed by atoms with Crippen LogP contribution in [0.25, 0.3) is 5.69 Å². The molecule has 3 amide bonds. The molecule has 2 heterocycles. The van der Waals surface area contributed by atoms with Gasteiger partial charge in [-0.2, -0.15) is 8.78 Å². The van der Waals surface area contributed by atoms with Crippen LogP contribution in [-0.4, -0.2) is 45.9 Å². The topological polar surface area (TPSA) is 80.6 Å². The molecule has 0 radical (unpaired) electrons. The summed E-state index contributed by atoms with van der Waals surface area (Å²) >= 11 is 0. The van der Waals surface area contributed by atoms with E-state index in [0.717, 1.165) is 10.6 Å². The summed E-state index contributed by atoms with van der Waals surface area (Å²) in [7, 11) is 0. The zero-order valence-electron chi connectivity index (χ0n) is 17.9. The summed E-state index contributed by atoms with van der Waals surface area (Å²) in [5.41, 5.74) is 1.46. The number of aromatic nitrogens is 1. The molecular formula is C22H25F2N3O4. The number of ether oxygens (including phenoxy) is 1. The normalized spacial score (nSPS) is 15.5. The summed E-state index contributed by atoms with van der Waals surface area (Å²) in [5, 5.41) is 2.71. The summed E-state index contributed by atoms with van der Waals surface area (Å²) in [6.45, 7) is 3.93. The second kappa shape index (κ2) is 8.49. The lowest BCUT2D eigenvalue weighted by Gasteiger charge is -2.22. The number of amides is 3. The van der Waals surface area contributed by atoms with E-state index in [4.69, 9.17) is 0 Å². The minimum absolute atomic E-state index is 0.0337. The van der Waals surface area contributed by atoms with Crippen LogP contribution in [0.4, 0.5) is 13.6 Å². The van der Waals surface area contributed by atoms with Crippen molar-refractivity contribution < 1.29 is 27.9 Å². The van der Waals surface area contributed by atoms with Gasteiger partial charge in [0.2, 0.25) is 0 Å². The van der Waals surface area contributed by atoms with Crippen LogP contribution in [0.15, 0.2) is 30.3 Å². The number of alkyl halides is 2. The van der Waals surface area contributed by atoms with Crippen molar-refractivity contribution in [2.75, 3.05) is 6.54 Å². The predicted molar refractivity (Wildman–Crippen MR) is 110 cm³/mol. The van der Waals surface area contributed by atoms with Gasteiger partial charge >= 0.3 is 12.6 Å². The van der Waals surface area contributed by atoms with Gasteiger partial charge in [-0.25, -0.2) is 4.79 Å². The van der Waals surface area contributed by atoms with Crippen LogP contribution in [0.2, 0.25) is 0 Å². The fraction of sp³-hybridized carbons (Fsp3) is 0.409. The van der Waals surface area contributed by atoms with Crippen molar-refractivity contribution >= 4 is 17.7 Å². The number of rotatable bonds is 8. The molecule has 1 aliphatic heterocycles. The SMILES string of the molecule is CCC1(CC)NC(=O)N(CC(=O)c2cc(C)n(-c3ccc(OC(F)F)cc3)c2C)C1=O. The maximum atomic E-state index is 13.0. The van der Waals surface area contributed by atoms with Crippen LogP contribution < -0.4 is 10.1 Å². The van der Waals surface area contributed by atoms with E-state index in [0.29, 0.717) is 29.8 Å². The third kappa shape index (κ3) is 4.04. The Kier molecular flexibility index (Phi) is 6.15. The van der Waals surface area contributed by atoms with E-state index < -0.39 is 18.2 Å². The molecule has 1 aromatic heterocycles. The molecule has 3 rings (SSSR count).